The molecule has 0 amide bonds. The smallest absolute Gasteiger partial charge is 0.169 e. The van der Waals surface area contributed by atoms with Gasteiger partial charge in [-0.25, -0.2) is 29.3 Å². The molecule has 14 nitrogen and oxygen atoms in total. The zero-order valence-corrected chi connectivity index (χ0v) is 34.1. The van der Waals surface area contributed by atoms with E-state index in [0.29, 0.717) is 41.2 Å². The molecule has 4 aromatic carbocycles. The third-order valence-corrected chi connectivity index (χ3v) is 10.4. The molecular weight excluding hydrogens is 812 g/mol. The van der Waals surface area contributed by atoms with Gasteiger partial charge in [-0.1, -0.05) is 60.7 Å². The summed E-state index contributed by atoms with van der Waals surface area (Å²) in [7, 11) is 0. The summed E-state index contributed by atoms with van der Waals surface area (Å²) < 4.78 is 15.0. The third kappa shape index (κ3) is 9.08. The minimum atomic E-state index is 0.180. The molecule has 2 aliphatic rings. The summed E-state index contributed by atoms with van der Waals surface area (Å²) in [6, 6.07) is 34.4. The second-order valence-electron chi connectivity index (χ2n) is 14.1. The number of aromatic hydroxyl groups is 2. The molecule has 2 aliphatic heterocycles. The van der Waals surface area contributed by atoms with Crippen LogP contribution in [0.5, 0.6) is 11.5 Å². The van der Waals surface area contributed by atoms with E-state index >= 15 is 0 Å². The van der Waals surface area contributed by atoms with Crippen molar-refractivity contribution in [3.8, 4) is 45.6 Å². The van der Waals surface area contributed by atoms with Crippen molar-refractivity contribution in [1.29, 1.82) is 0 Å². The minimum absolute atomic E-state index is 0.180. The van der Waals surface area contributed by atoms with Crippen LogP contribution >= 0.6 is 15.9 Å². The first-order valence-electron chi connectivity index (χ1n) is 19.3. The molecule has 300 valence electrons. The molecule has 0 aliphatic carbocycles. The SMILES string of the molecule is C[C@H]1COCCN1.C[C@H]1COCCN1c1nc(-c2cccc(O)c2)nc2c1cnn2-c1ccccc1.Oc1cccc(-c2nc(Br)c3cnn(-c4ccccc4)c3n2)c1. The number of hydrogen-bond donors (Lipinski definition) is 3. The number of aromatic nitrogens is 8. The Morgan fingerprint density at radius 1 is 0.644 bits per heavy atom. The van der Waals surface area contributed by atoms with Crippen LogP contribution in [0.25, 0.3) is 56.2 Å². The van der Waals surface area contributed by atoms with Gasteiger partial charge >= 0.3 is 0 Å². The largest absolute Gasteiger partial charge is 0.508 e. The van der Waals surface area contributed by atoms with Gasteiger partial charge in [0.25, 0.3) is 0 Å². The average molecular weight is 856 g/mol. The van der Waals surface area contributed by atoms with E-state index in [1.807, 2.05) is 83.7 Å². The van der Waals surface area contributed by atoms with Crippen molar-refractivity contribution in [2.45, 2.75) is 25.9 Å². The lowest BCUT2D eigenvalue weighted by atomic mass is 10.2. The molecule has 4 aromatic heterocycles. The first-order chi connectivity index (χ1) is 28.8. The van der Waals surface area contributed by atoms with E-state index in [1.165, 1.54) is 0 Å². The fraction of sp³-hybridized carbons (Fsp3) is 0.227. The van der Waals surface area contributed by atoms with Crippen LogP contribution in [0.2, 0.25) is 0 Å². The van der Waals surface area contributed by atoms with Crippen molar-refractivity contribution in [3.63, 3.8) is 0 Å². The molecule has 10 rings (SSSR count). The Kier molecular flexibility index (Phi) is 12.1. The lowest BCUT2D eigenvalue weighted by Crippen LogP contribution is -2.44. The van der Waals surface area contributed by atoms with Crippen LogP contribution in [0.3, 0.4) is 0 Å². The number of rotatable bonds is 5. The maximum atomic E-state index is 9.94. The monoisotopic (exact) mass is 854 g/mol. The number of hydrogen-bond acceptors (Lipinski definition) is 12. The molecule has 2 fully saturated rings. The van der Waals surface area contributed by atoms with Gasteiger partial charge < -0.3 is 29.9 Å². The lowest BCUT2D eigenvalue weighted by molar-refractivity contribution is 0.0824. The Morgan fingerprint density at radius 2 is 1.20 bits per heavy atom. The Hall–Kier alpha value is -6.26. The van der Waals surface area contributed by atoms with E-state index in [1.54, 1.807) is 47.3 Å². The molecule has 0 bridgehead atoms. The summed E-state index contributed by atoms with van der Waals surface area (Å²) in [5.74, 6) is 2.28. The van der Waals surface area contributed by atoms with Crippen LogP contribution in [0.4, 0.5) is 5.82 Å². The number of para-hydroxylation sites is 2. The molecule has 0 radical (unpaired) electrons. The molecule has 0 unspecified atom stereocenters. The number of phenolic OH excluding ortho intramolecular Hbond substituents is 2. The predicted molar refractivity (Wildman–Crippen MR) is 231 cm³/mol. The average Bonchev–Trinajstić information content (AvgIpc) is 3.91. The van der Waals surface area contributed by atoms with Gasteiger partial charge in [0.15, 0.2) is 22.9 Å². The van der Waals surface area contributed by atoms with Crippen LogP contribution in [-0.4, -0.2) is 101 Å². The summed E-state index contributed by atoms with van der Waals surface area (Å²) in [5.41, 5.74) is 4.80. The molecular formula is C44H43BrN10O4. The number of fused-ring (bicyclic) bond motifs is 2. The highest BCUT2D eigenvalue weighted by Crippen LogP contribution is 2.32. The molecule has 8 aromatic rings. The molecule has 3 N–H and O–H groups in total. The fourth-order valence-corrected chi connectivity index (χ4v) is 7.24. The van der Waals surface area contributed by atoms with E-state index in [0.717, 1.165) is 71.0 Å². The normalized spacial score (nSPS) is 16.6. The summed E-state index contributed by atoms with van der Waals surface area (Å²) in [4.78, 5) is 21.1. The summed E-state index contributed by atoms with van der Waals surface area (Å²) in [6.45, 7) is 9.08. The van der Waals surface area contributed by atoms with Crippen molar-refractivity contribution in [1.82, 2.24) is 44.8 Å². The van der Waals surface area contributed by atoms with E-state index in [2.05, 4.69) is 60.2 Å². The van der Waals surface area contributed by atoms with Gasteiger partial charge in [0.1, 0.15) is 21.9 Å². The number of ether oxygens (including phenoxy) is 2. The number of anilines is 1. The van der Waals surface area contributed by atoms with E-state index in [4.69, 9.17) is 19.4 Å². The summed E-state index contributed by atoms with van der Waals surface area (Å²) in [5, 5.41) is 33.6. The van der Waals surface area contributed by atoms with Crippen LogP contribution in [0.15, 0.2) is 126 Å². The standard InChI is InChI=1S/C22H21N5O2.C17H11BrN4O.C5H11NO/c1-15-14-29-11-10-26(15)21-19-13-23-27(17-7-3-2-4-8-17)22(19)25-20(24-21)16-6-5-9-18(28)12-16;18-15-14-10-19-22(12-6-2-1-3-7-12)17(14)21-16(20-15)11-5-4-8-13(23)9-11;1-5-4-7-3-2-6-5/h2-9,12-13,15,28H,10-11,14H2,1H3;1-10,23H;5-6H,2-4H2,1H3/t15-;;5-/m0.0/s1. The second-order valence-corrected chi connectivity index (χ2v) is 14.9. The van der Waals surface area contributed by atoms with Gasteiger partial charge in [0.2, 0.25) is 0 Å². The van der Waals surface area contributed by atoms with Gasteiger partial charge in [-0.3, -0.25) is 0 Å². The summed E-state index contributed by atoms with van der Waals surface area (Å²) in [6.07, 6.45) is 3.56. The second kappa shape index (κ2) is 18.1. The van der Waals surface area contributed by atoms with Crippen LogP contribution in [-0.2, 0) is 9.47 Å². The van der Waals surface area contributed by atoms with E-state index < -0.39 is 0 Å². The van der Waals surface area contributed by atoms with Gasteiger partial charge in [0, 0.05) is 30.3 Å². The zero-order valence-electron chi connectivity index (χ0n) is 32.6. The molecule has 59 heavy (non-hydrogen) atoms. The number of morpholine rings is 2. The van der Waals surface area contributed by atoms with Gasteiger partial charge in [-0.05, 0) is 78.3 Å². The lowest BCUT2D eigenvalue weighted by Gasteiger charge is -2.34. The Labute approximate surface area is 349 Å². The van der Waals surface area contributed by atoms with Crippen LogP contribution in [0, 0.1) is 0 Å². The highest BCUT2D eigenvalue weighted by atomic mass is 79.9. The first kappa shape index (κ1) is 39.6. The van der Waals surface area contributed by atoms with Gasteiger partial charge in [0.05, 0.1) is 67.0 Å². The maximum Gasteiger partial charge on any atom is 0.169 e. The Balaban J connectivity index is 0.000000144. The van der Waals surface area contributed by atoms with Crippen LogP contribution in [0.1, 0.15) is 13.8 Å². The van der Waals surface area contributed by atoms with Crippen molar-refractivity contribution in [2.24, 2.45) is 0 Å². The quantitative estimate of drug-likeness (QED) is 0.148. The Bertz CT molecular complexity index is 2650. The van der Waals surface area contributed by atoms with Crippen molar-refractivity contribution >= 4 is 43.8 Å². The molecule has 2 atom stereocenters. The van der Waals surface area contributed by atoms with Crippen molar-refractivity contribution < 1.29 is 19.7 Å². The Morgan fingerprint density at radius 3 is 1.73 bits per heavy atom. The number of phenols is 2. The number of benzene rings is 4. The van der Waals surface area contributed by atoms with Gasteiger partial charge in [-0.2, -0.15) is 10.2 Å². The van der Waals surface area contributed by atoms with Crippen LogP contribution < -0.4 is 10.2 Å². The van der Waals surface area contributed by atoms with E-state index in [9.17, 15) is 10.2 Å². The highest BCUT2D eigenvalue weighted by molar-refractivity contribution is 9.10. The molecule has 6 heterocycles. The van der Waals surface area contributed by atoms with Gasteiger partial charge in [-0.15, -0.1) is 0 Å². The first-order valence-corrected chi connectivity index (χ1v) is 20.1. The maximum absolute atomic E-state index is 9.94. The zero-order chi connectivity index (χ0) is 40.7. The number of nitrogens with one attached hydrogen (secondary N) is 1. The minimum Gasteiger partial charge on any atom is -0.508 e. The number of nitrogens with zero attached hydrogens (tertiary/aromatic N) is 9. The molecule has 0 saturated carbocycles. The van der Waals surface area contributed by atoms with Crippen molar-refractivity contribution in [2.75, 3.05) is 44.4 Å². The third-order valence-electron chi connectivity index (χ3n) is 9.75. The fourth-order valence-electron chi connectivity index (χ4n) is 6.79. The van der Waals surface area contributed by atoms with E-state index in [-0.39, 0.29) is 17.5 Å². The summed E-state index contributed by atoms with van der Waals surface area (Å²) >= 11 is 3.48. The molecule has 0 spiro atoms. The molecule has 2 saturated heterocycles. The van der Waals surface area contributed by atoms with Crippen molar-refractivity contribution in [3.05, 3.63) is 126 Å². The topological polar surface area (TPSA) is 161 Å². The number of halogens is 1. The molecule has 15 heteroatoms. The predicted octanol–water partition coefficient (Wildman–Crippen LogP) is 7.36. The highest BCUT2D eigenvalue weighted by Gasteiger charge is 2.25.